The topological polar surface area (TPSA) is 109 Å². The first-order valence-electron chi connectivity index (χ1n) is 12.5. The molecule has 0 radical (unpaired) electrons. The quantitative estimate of drug-likeness (QED) is 0.443. The molecule has 1 atom stereocenters. The van der Waals surface area contributed by atoms with E-state index in [9.17, 15) is 18.3 Å². The third kappa shape index (κ3) is 4.74. The Kier molecular flexibility index (Phi) is 6.78. The molecule has 2 fully saturated rings. The molecular weight excluding hydrogens is 490 g/mol. The monoisotopic (exact) mass is 527 g/mol. The van der Waals surface area contributed by atoms with E-state index < -0.39 is 15.4 Å². The van der Waals surface area contributed by atoms with Crippen LogP contribution < -0.4 is 10.1 Å². The number of rotatable bonds is 8. The Morgan fingerprint density at radius 1 is 1.19 bits per heavy atom. The maximum Gasteiger partial charge on any atom is 0.243 e. The van der Waals surface area contributed by atoms with Gasteiger partial charge in [-0.25, -0.2) is 13.4 Å². The molecule has 2 aromatic carbocycles. The molecule has 9 heteroatoms. The first kappa shape index (κ1) is 25.4. The summed E-state index contributed by atoms with van der Waals surface area (Å²) in [6.45, 7) is 2.20. The van der Waals surface area contributed by atoms with E-state index in [-0.39, 0.29) is 27.7 Å². The molecule has 1 aromatic heterocycles. The van der Waals surface area contributed by atoms with Crippen LogP contribution in [-0.2, 0) is 20.2 Å². The Balaban J connectivity index is 0.00000187. The number of aromatic nitrogens is 1. The van der Waals surface area contributed by atoms with Crippen molar-refractivity contribution < 1.29 is 27.3 Å². The van der Waals surface area contributed by atoms with E-state index in [1.807, 2.05) is 37.3 Å². The molecule has 37 heavy (non-hydrogen) atoms. The maximum absolute atomic E-state index is 13.3. The van der Waals surface area contributed by atoms with Gasteiger partial charge in [-0.15, -0.1) is 0 Å². The van der Waals surface area contributed by atoms with E-state index in [1.54, 1.807) is 37.4 Å². The molecule has 1 saturated heterocycles. The number of anilines is 1. The van der Waals surface area contributed by atoms with Crippen molar-refractivity contribution in [2.45, 2.75) is 49.0 Å². The van der Waals surface area contributed by atoms with Crippen LogP contribution >= 0.6 is 0 Å². The Labute approximate surface area is 221 Å². The average Bonchev–Trinajstić information content (AvgIpc) is 3.58. The third-order valence-electron chi connectivity index (χ3n) is 7.41. The van der Waals surface area contributed by atoms with Crippen molar-refractivity contribution in [3.63, 3.8) is 0 Å². The van der Waals surface area contributed by atoms with Gasteiger partial charge in [0.05, 0.1) is 29.7 Å². The fourth-order valence-electron chi connectivity index (χ4n) is 5.09. The molecule has 1 saturated carbocycles. The lowest BCUT2D eigenvalue weighted by atomic mass is 9.93. The van der Waals surface area contributed by atoms with Crippen LogP contribution in [-0.4, -0.2) is 55.0 Å². The van der Waals surface area contributed by atoms with Crippen LogP contribution in [0.1, 0.15) is 41.1 Å². The number of benzene rings is 2. The molecule has 1 aliphatic carbocycles. The van der Waals surface area contributed by atoms with E-state index in [0.29, 0.717) is 24.5 Å². The Morgan fingerprint density at radius 3 is 2.59 bits per heavy atom. The number of ether oxygens (including phenoxy) is 1. The number of nitrogens with one attached hydrogen (secondary N) is 1. The number of aliphatic hydroxyl groups excluding tert-OH is 1. The standard InChI is InChI=1S/C28H31N3O5S.3H2/c1-19-17-21(10-13-25(19)36-2)28(14-15-28)27(33)30-26-7-3-6-24(29-26)20-8-11-23(12-9-20)37(34,35)31-16-4-5-22(31)18-32;;;/h3,6-13,17,22,32H,4-5,14-16,18H2,1-2H3,(H,29,30,33);3*1H/t22-;;;/m1.../s1. The lowest BCUT2D eigenvalue weighted by Gasteiger charge is -2.22. The van der Waals surface area contributed by atoms with Crippen molar-refractivity contribution in [3.05, 3.63) is 71.8 Å². The zero-order valence-corrected chi connectivity index (χ0v) is 21.8. The van der Waals surface area contributed by atoms with Crippen LogP contribution in [0.25, 0.3) is 11.3 Å². The Morgan fingerprint density at radius 2 is 1.95 bits per heavy atom. The van der Waals surface area contributed by atoms with E-state index in [1.165, 1.54) is 4.31 Å². The highest BCUT2D eigenvalue weighted by Crippen LogP contribution is 2.49. The lowest BCUT2D eigenvalue weighted by Crippen LogP contribution is -2.37. The second-order valence-electron chi connectivity index (χ2n) is 9.75. The Hall–Kier alpha value is -3.27. The molecule has 5 rings (SSSR count). The minimum absolute atomic E-state index is 0. The number of sulfonamides is 1. The fraction of sp³-hybridized carbons (Fsp3) is 0.357. The van der Waals surface area contributed by atoms with Crippen LogP contribution in [0.3, 0.4) is 0 Å². The Bertz CT molecular complexity index is 1430. The summed E-state index contributed by atoms with van der Waals surface area (Å²) in [5.74, 6) is 1.15. The number of hydrogen-bond acceptors (Lipinski definition) is 6. The summed E-state index contributed by atoms with van der Waals surface area (Å²) in [7, 11) is -2.05. The zero-order valence-electron chi connectivity index (χ0n) is 21.0. The summed E-state index contributed by atoms with van der Waals surface area (Å²) in [4.78, 5) is 18.1. The molecule has 2 heterocycles. The van der Waals surface area contributed by atoms with Gasteiger partial charge in [-0.1, -0.05) is 30.3 Å². The molecule has 0 unspecified atom stereocenters. The summed E-state index contributed by atoms with van der Waals surface area (Å²) in [6.07, 6.45) is 2.95. The van der Waals surface area contributed by atoms with E-state index in [4.69, 9.17) is 4.74 Å². The summed E-state index contributed by atoms with van der Waals surface area (Å²) in [6, 6.07) is 17.4. The van der Waals surface area contributed by atoms with Gasteiger partial charge in [0.25, 0.3) is 0 Å². The number of aryl methyl sites for hydroxylation is 1. The highest BCUT2D eigenvalue weighted by molar-refractivity contribution is 7.89. The summed E-state index contributed by atoms with van der Waals surface area (Å²) in [5.41, 5.74) is 2.76. The highest BCUT2D eigenvalue weighted by Gasteiger charge is 2.51. The minimum atomic E-state index is -3.68. The van der Waals surface area contributed by atoms with Gasteiger partial charge < -0.3 is 15.2 Å². The van der Waals surface area contributed by atoms with Crippen LogP contribution in [0.2, 0.25) is 0 Å². The zero-order chi connectivity index (χ0) is 26.2. The second-order valence-corrected chi connectivity index (χ2v) is 11.6. The molecule has 3 aromatic rings. The number of methoxy groups -OCH3 is 1. The predicted octanol–water partition coefficient (Wildman–Crippen LogP) is 4.62. The summed E-state index contributed by atoms with van der Waals surface area (Å²) < 4.78 is 32.8. The molecule has 200 valence electrons. The first-order valence-corrected chi connectivity index (χ1v) is 13.9. The predicted molar refractivity (Wildman–Crippen MR) is 147 cm³/mol. The molecule has 1 amide bonds. The SMILES string of the molecule is COc1ccc(C2(C(=O)Nc3cccc(-c4ccc(S(=O)(=O)N5CCC[C@@H]5CO)cc4)n3)CC2)cc1C.[HH].[HH].[HH]. The van der Waals surface area contributed by atoms with E-state index in [0.717, 1.165) is 41.7 Å². The number of pyridine rings is 1. The van der Waals surface area contributed by atoms with Gasteiger partial charge in [0.2, 0.25) is 15.9 Å². The van der Waals surface area contributed by atoms with Crippen molar-refractivity contribution in [2.24, 2.45) is 0 Å². The smallest absolute Gasteiger partial charge is 0.243 e. The van der Waals surface area contributed by atoms with Gasteiger partial charge in [-0.05, 0) is 74.1 Å². The summed E-state index contributed by atoms with van der Waals surface area (Å²) >= 11 is 0. The third-order valence-corrected chi connectivity index (χ3v) is 9.38. The molecule has 1 aliphatic heterocycles. The van der Waals surface area contributed by atoms with Crippen molar-refractivity contribution in [1.82, 2.24) is 9.29 Å². The minimum Gasteiger partial charge on any atom is -0.496 e. The number of aliphatic hydroxyl groups is 1. The molecule has 2 N–H and O–H groups in total. The van der Waals surface area contributed by atoms with E-state index >= 15 is 0 Å². The normalized spacial score (nSPS) is 18.9. The number of carbonyl (C=O) groups excluding carboxylic acids is 1. The average molecular weight is 528 g/mol. The molecular formula is C28H37N3O5S. The van der Waals surface area contributed by atoms with Crippen molar-refractivity contribution in [3.8, 4) is 17.0 Å². The largest absolute Gasteiger partial charge is 0.496 e. The number of carbonyl (C=O) groups is 1. The van der Waals surface area contributed by atoms with Crippen LogP contribution in [0.15, 0.2) is 65.6 Å². The van der Waals surface area contributed by atoms with Gasteiger partial charge in [-0.3, -0.25) is 4.79 Å². The summed E-state index contributed by atoms with van der Waals surface area (Å²) in [5, 5.41) is 12.5. The molecule has 0 spiro atoms. The van der Waals surface area contributed by atoms with E-state index in [2.05, 4.69) is 10.3 Å². The van der Waals surface area contributed by atoms with Gasteiger partial charge in [0, 0.05) is 22.4 Å². The fourth-order valence-corrected chi connectivity index (χ4v) is 6.77. The second kappa shape index (κ2) is 9.89. The van der Waals surface area contributed by atoms with Crippen LogP contribution in [0.5, 0.6) is 5.75 Å². The molecule has 0 bridgehead atoms. The van der Waals surface area contributed by atoms with Crippen molar-refractivity contribution in [1.29, 1.82) is 0 Å². The molecule has 8 nitrogen and oxygen atoms in total. The van der Waals surface area contributed by atoms with Crippen LogP contribution in [0, 0.1) is 6.92 Å². The number of amides is 1. The number of hydrogen-bond donors (Lipinski definition) is 2. The van der Waals surface area contributed by atoms with Gasteiger partial charge in [0.1, 0.15) is 11.6 Å². The molecule has 2 aliphatic rings. The van der Waals surface area contributed by atoms with Gasteiger partial charge >= 0.3 is 0 Å². The number of nitrogens with zero attached hydrogens (tertiary/aromatic N) is 2. The van der Waals surface area contributed by atoms with Crippen molar-refractivity contribution >= 4 is 21.7 Å². The van der Waals surface area contributed by atoms with Crippen molar-refractivity contribution in [2.75, 3.05) is 25.6 Å². The first-order chi connectivity index (χ1) is 17.8. The van der Waals surface area contributed by atoms with Gasteiger partial charge in [0.15, 0.2) is 0 Å². The lowest BCUT2D eigenvalue weighted by molar-refractivity contribution is -0.118. The van der Waals surface area contributed by atoms with Gasteiger partial charge in [-0.2, -0.15) is 4.31 Å². The highest BCUT2D eigenvalue weighted by atomic mass is 32.2. The maximum atomic E-state index is 13.3. The van der Waals surface area contributed by atoms with Crippen LogP contribution in [0.4, 0.5) is 5.82 Å².